The molecule has 0 unspecified atom stereocenters. The second-order valence-corrected chi connectivity index (χ2v) is 8.34. The van der Waals surface area contributed by atoms with Crippen LogP contribution < -0.4 is 0 Å². The number of ether oxygens (including phenoxy) is 1. The highest BCUT2D eigenvalue weighted by Gasteiger charge is 2.23. The van der Waals surface area contributed by atoms with Gasteiger partial charge in [-0.2, -0.15) is 0 Å². The van der Waals surface area contributed by atoms with Crippen LogP contribution >= 0.6 is 11.8 Å². The molecular formula is C26H24N2O6S. The van der Waals surface area contributed by atoms with Crippen molar-refractivity contribution < 1.29 is 24.0 Å². The zero-order valence-corrected chi connectivity index (χ0v) is 20.1. The van der Waals surface area contributed by atoms with Crippen LogP contribution in [0.2, 0.25) is 0 Å². The first-order valence-electron chi connectivity index (χ1n) is 10.8. The van der Waals surface area contributed by atoms with E-state index >= 15 is 0 Å². The smallest absolute Gasteiger partial charge is 0.339 e. The van der Waals surface area contributed by atoms with Gasteiger partial charge in [-0.25, -0.2) is 4.79 Å². The topological polar surface area (TPSA) is 107 Å². The summed E-state index contributed by atoms with van der Waals surface area (Å²) in [5, 5.41) is 11.4. The molecule has 0 N–H and O–H groups in total. The summed E-state index contributed by atoms with van der Waals surface area (Å²) in [6, 6.07) is 19.7. The van der Waals surface area contributed by atoms with E-state index in [9.17, 15) is 24.5 Å². The number of esters is 1. The number of carbonyl (C=O) groups excluding carboxylic acids is 3. The molecule has 1 amide bonds. The molecule has 0 saturated carbocycles. The van der Waals surface area contributed by atoms with Gasteiger partial charge in [0.2, 0.25) is 0 Å². The lowest BCUT2D eigenvalue weighted by molar-refractivity contribution is -0.387. The van der Waals surface area contributed by atoms with Gasteiger partial charge in [0.15, 0.2) is 12.4 Å². The summed E-state index contributed by atoms with van der Waals surface area (Å²) in [5.41, 5.74) is 0.852. The molecule has 3 rings (SSSR count). The van der Waals surface area contributed by atoms with Crippen LogP contribution in [0.3, 0.4) is 0 Å². The highest BCUT2D eigenvalue weighted by atomic mass is 32.2. The lowest BCUT2D eigenvalue weighted by Gasteiger charge is -2.21. The van der Waals surface area contributed by atoms with Crippen LogP contribution in [0, 0.1) is 10.1 Å². The Morgan fingerprint density at radius 3 is 2.26 bits per heavy atom. The Balaban J connectivity index is 1.75. The Labute approximate surface area is 207 Å². The fraction of sp³-hybridized carbons (Fsp3) is 0.192. The quantitative estimate of drug-likeness (QED) is 0.132. The molecule has 0 aliphatic heterocycles. The number of carbonyl (C=O) groups is 3. The summed E-state index contributed by atoms with van der Waals surface area (Å²) in [7, 11) is 0. The van der Waals surface area contributed by atoms with Crippen molar-refractivity contribution in [3.8, 4) is 0 Å². The second kappa shape index (κ2) is 11.9. The van der Waals surface area contributed by atoms with E-state index in [2.05, 4.69) is 0 Å². The number of rotatable bonds is 10. The number of nitrogens with zero attached hydrogens (tertiary/aromatic N) is 2. The largest absolute Gasteiger partial charge is 0.452 e. The first-order valence-corrected chi connectivity index (χ1v) is 12.0. The van der Waals surface area contributed by atoms with Crippen molar-refractivity contribution in [1.29, 1.82) is 0 Å². The predicted octanol–water partition coefficient (Wildman–Crippen LogP) is 4.75. The minimum absolute atomic E-state index is 0.0204. The van der Waals surface area contributed by atoms with Crippen LogP contribution in [0.25, 0.3) is 0 Å². The number of nitro benzene ring substituents is 1. The first-order chi connectivity index (χ1) is 16.8. The molecule has 3 aromatic carbocycles. The van der Waals surface area contributed by atoms with Crippen molar-refractivity contribution in [2.75, 3.05) is 19.4 Å². The standard InChI is InChI=1S/C26H24N2O6S/c1-3-27(16-18-9-5-4-6-10-18)24(29)17-34-26(31)21-12-8-7-11-20(21)25(30)19-13-14-23(35-2)22(15-19)28(32)33/h4-15H,3,16-17H2,1-2H3. The van der Waals surface area contributed by atoms with Gasteiger partial charge in [-0.1, -0.05) is 48.5 Å². The summed E-state index contributed by atoms with van der Waals surface area (Å²) in [6.07, 6.45) is 1.70. The molecule has 0 atom stereocenters. The summed E-state index contributed by atoms with van der Waals surface area (Å²) in [6.45, 7) is 2.17. The monoisotopic (exact) mass is 492 g/mol. The first kappa shape index (κ1) is 25.6. The summed E-state index contributed by atoms with van der Waals surface area (Å²) in [5.74, 6) is -1.75. The van der Waals surface area contributed by atoms with Gasteiger partial charge in [-0.15, -0.1) is 11.8 Å². The van der Waals surface area contributed by atoms with Crippen LogP contribution in [0.15, 0.2) is 77.7 Å². The highest BCUT2D eigenvalue weighted by molar-refractivity contribution is 7.98. The number of benzene rings is 3. The second-order valence-electron chi connectivity index (χ2n) is 7.49. The van der Waals surface area contributed by atoms with Crippen LogP contribution in [-0.4, -0.2) is 46.9 Å². The molecule has 9 heteroatoms. The van der Waals surface area contributed by atoms with Crippen LogP contribution in [0.5, 0.6) is 0 Å². The van der Waals surface area contributed by atoms with Crippen LogP contribution in [0.1, 0.15) is 38.8 Å². The fourth-order valence-electron chi connectivity index (χ4n) is 3.46. The maximum absolute atomic E-state index is 13.1. The number of hydrogen-bond donors (Lipinski definition) is 0. The molecule has 0 saturated heterocycles. The van der Waals surface area contributed by atoms with Gasteiger partial charge in [0.25, 0.3) is 11.6 Å². The Morgan fingerprint density at radius 2 is 1.63 bits per heavy atom. The van der Waals surface area contributed by atoms with Crippen molar-refractivity contribution in [1.82, 2.24) is 4.90 Å². The molecule has 0 radical (unpaired) electrons. The van der Waals surface area contributed by atoms with Gasteiger partial charge >= 0.3 is 5.97 Å². The van der Waals surface area contributed by atoms with Gasteiger partial charge in [0.05, 0.1) is 15.4 Å². The molecule has 0 aliphatic rings. The van der Waals surface area contributed by atoms with Crippen LogP contribution in [0.4, 0.5) is 5.69 Å². The van der Waals surface area contributed by atoms with E-state index in [1.807, 2.05) is 37.3 Å². The van der Waals surface area contributed by atoms with Gasteiger partial charge in [0, 0.05) is 30.3 Å². The van der Waals surface area contributed by atoms with E-state index in [1.165, 1.54) is 42.1 Å². The number of likely N-dealkylation sites (N-methyl/N-ethyl adjacent to an activating group) is 1. The molecule has 0 bridgehead atoms. The Morgan fingerprint density at radius 1 is 0.971 bits per heavy atom. The molecule has 0 spiro atoms. The normalized spacial score (nSPS) is 10.5. The van der Waals surface area contributed by atoms with E-state index < -0.39 is 23.3 Å². The third-order valence-electron chi connectivity index (χ3n) is 5.31. The average molecular weight is 493 g/mol. The third kappa shape index (κ3) is 6.33. The zero-order chi connectivity index (χ0) is 25.4. The van der Waals surface area contributed by atoms with E-state index in [4.69, 9.17) is 4.74 Å². The maximum Gasteiger partial charge on any atom is 0.339 e. The van der Waals surface area contributed by atoms with E-state index in [0.717, 1.165) is 5.56 Å². The van der Waals surface area contributed by atoms with Crippen molar-refractivity contribution in [2.24, 2.45) is 0 Å². The molecule has 0 aliphatic carbocycles. The van der Waals surface area contributed by atoms with Gasteiger partial charge in [-0.05, 0) is 36.9 Å². The molecular weight excluding hydrogens is 468 g/mol. The molecule has 35 heavy (non-hydrogen) atoms. The zero-order valence-electron chi connectivity index (χ0n) is 19.3. The summed E-state index contributed by atoms with van der Waals surface area (Å²) < 4.78 is 5.24. The number of thioether (sulfide) groups is 1. The lowest BCUT2D eigenvalue weighted by Crippen LogP contribution is -2.34. The van der Waals surface area contributed by atoms with Gasteiger partial charge in [0.1, 0.15) is 0 Å². The average Bonchev–Trinajstić information content (AvgIpc) is 2.89. The lowest BCUT2D eigenvalue weighted by atomic mass is 9.98. The molecule has 8 nitrogen and oxygen atoms in total. The van der Waals surface area contributed by atoms with Crippen molar-refractivity contribution in [3.05, 3.63) is 105 Å². The molecule has 180 valence electrons. The van der Waals surface area contributed by atoms with Gasteiger partial charge < -0.3 is 9.64 Å². The highest BCUT2D eigenvalue weighted by Crippen LogP contribution is 2.29. The number of hydrogen-bond acceptors (Lipinski definition) is 7. The number of amides is 1. The van der Waals surface area contributed by atoms with E-state index in [-0.39, 0.29) is 28.3 Å². The van der Waals surface area contributed by atoms with E-state index in [1.54, 1.807) is 23.3 Å². The Bertz CT molecular complexity index is 1250. The minimum atomic E-state index is -0.826. The van der Waals surface area contributed by atoms with Crippen LogP contribution in [-0.2, 0) is 16.1 Å². The molecule has 0 fully saturated rings. The Kier molecular flexibility index (Phi) is 8.74. The predicted molar refractivity (Wildman–Crippen MR) is 133 cm³/mol. The van der Waals surface area contributed by atoms with Crippen molar-refractivity contribution in [2.45, 2.75) is 18.4 Å². The molecule has 3 aromatic rings. The summed E-state index contributed by atoms with van der Waals surface area (Å²) in [4.78, 5) is 51.4. The van der Waals surface area contributed by atoms with Crippen molar-refractivity contribution >= 4 is 35.1 Å². The number of nitro groups is 1. The fourth-order valence-corrected chi connectivity index (χ4v) is 4.01. The van der Waals surface area contributed by atoms with E-state index in [0.29, 0.717) is 18.0 Å². The third-order valence-corrected chi connectivity index (χ3v) is 6.09. The van der Waals surface area contributed by atoms with Gasteiger partial charge in [-0.3, -0.25) is 19.7 Å². The maximum atomic E-state index is 13.1. The minimum Gasteiger partial charge on any atom is -0.452 e. The summed E-state index contributed by atoms with van der Waals surface area (Å²) >= 11 is 1.20. The Hall–Kier alpha value is -3.98. The SMILES string of the molecule is CCN(Cc1ccccc1)C(=O)COC(=O)c1ccccc1C(=O)c1ccc(SC)c([N+](=O)[O-])c1. The molecule has 0 heterocycles. The molecule has 0 aromatic heterocycles. The number of ketones is 1. The van der Waals surface area contributed by atoms with Crippen molar-refractivity contribution in [3.63, 3.8) is 0 Å².